The monoisotopic (exact) mass is 223 g/mol. The van der Waals surface area contributed by atoms with Gasteiger partial charge in [-0.05, 0) is 24.8 Å². The average Bonchev–Trinajstić information content (AvgIpc) is 2.30. The first-order valence-corrected chi connectivity index (χ1v) is 5.33. The van der Waals surface area contributed by atoms with Crippen LogP contribution in [0.2, 0.25) is 0 Å². The fourth-order valence-corrected chi connectivity index (χ4v) is 2.18. The molecule has 1 aliphatic rings. The summed E-state index contributed by atoms with van der Waals surface area (Å²) in [5, 5.41) is 9.10. The predicted octanol–water partition coefficient (Wildman–Crippen LogP) is 2.07. The molecule has 1 aliphatic heterocycles. The molecule has 3 N–H and O–H groups in total. The van der Waals surface area contributed by atoms with Crippen LogP contribution in [-0.2, 0) is 0 Å². The number of piperidine rings is 1. The molecular formula is C12H17NO3. The maximum absolute atomic E-state index is 11.1. The van der Waals surface area contributed by atoms with Gasteiger partial charge in [-0.25, -0.2) is 4.79 Å². The van der Waals surface area contributed by atoms with E-state index in [4.69, 9.17) is 5.11 Å². The standard InChI is InChI=1S/C12H15NO2.H2O/c14-12(15)13-9-5-4-8-11(13)10-6-2-1-3-7-10;/h1-3,6-7,11H,4-5,8-9H2,(H,14,15);1H2. The Kier molecular flexibility index (Phi) is 4.31. The lowest BCUT2D eigenvalue weighted by molar-refractivity contribution is 0.106. The Labute approximate surface area is 94.8 Å². The van der Waals surface area contributed by atoms with E-state index < -0.39 is 6.09 Å². The van der Waals surface area contributed by atoms with Crippen molar-refractivity contribution < 1.29 is 15.4 Å². The number of hydrogen-bond donors (Lipinski definition) is 1. The van der Waals surface area contributed by atoms with E-state index in [0.29, 0.717) is 6.54 Å². The quantitative estimate of drug-likeness (QED) is 0.791. The van der Waals surface area contributed by atoms with Gasteiger partial charge in [-0.1, -0.05) is 30.3 Å². The van der Waals surface area contributed by atoms with Crippen molar-refractivity contribution in [2.75, 3.05) is 6.54 Å². The molecule has 0 spiro atoms. The van der Waals surface area contributed by atoms with Gasteiger partial charge >= 0.3 is 6.09 Å². The Morgan fingerprint density at radius 3 is 2.56 bits per heavy atom. The minimum Gasteiger partial charge on any atom is -0.465 e. The van der Waals surface area contributed by atoms with Gasteiger partial charge < -0.3 is 15.5 Å². The van der Waals surface area contributed by atoms with Crippen LogP contribution in [-0.4, -0.2) is 28.1 Å². The van der Waals surface area contributed by atoms with Gasteiger partial charge in [-0.15, -0.1) is 0 Å². The number of hydrogen-bond acceptors (Lipinski definition) is 1. The minimum absolute atomic E-state index is 0. The Hall–Kier alpha value is -1.55. The molecular weight excluding hydrogens is 206 g/mol. The number of carbonyl (C=O) groups is 1. The first-order chi connectivity index (χ1) is 7.29. The van der Waals surface area contributed by atoms with Crippen LogP contribution in [0.15, 0.2) is 30.3 Å². The van der Waals surface area contributed by atoms with Crippen molar-refractivity contribution in [3.8, 4) is 0 Å². The molecule has 1 fully saturated rings. The van der Waals surface area contributed by atoms with Crippen molar-refractivity contribution in [2.45, 2.75) is 25.3 Å². The average molecular weight is 223 g/mol. The molecule has 0 saturated carbocycles. The van der Waals surface area contributed by atoms with Crippen molar-refractivity contribution in [3.05, 3.63) is 35.9 Å². The topological polar surface area (TPSA) is 72.0 Å². The van der Waals surface area contributed by atoms with E-state index in [-0.39, 0.29) is 11.5 Å². The second kappa shape index (κ2) is 5.51. The maximum atomic E-state index is 11.1. The molecule has 1 amide bonds. The highest BCUT2D eigenvalue weighted by Crippen LogP contribution is 2.30. The molecule has 16 heavy (non-hydrogen) atoms. The van der Waals surface area contributed by atoms with E-state index in [0.717, 1.165) is 24.8 Å². The van der Waals surface area contributed by atoms with Crippen molar-refractivity contribution in [1.29, 1.82) is 0 Å². The number of rotatable bonds is 1. The van der Waals surface area contributed by atoms with E-state index in [1.54, 1.807) is 4.90 Å². The molecule has 0 aromatic heterocycles. The molecule has 4 heteroatoms. The first kappa shape index (κ1) is 12.5. The molecule has 4 nitrogen and oxygen atoms in total. The Balaban J connectivity index is 0.00000128. The lowest BCUT2D eigenvalue weighted by Crippen LogP contribution is -2.37. The molecule has 1 atom stereocenters. The zero-order chi connectivity index (χ0) is 10.7. The second-order valence-electron chi connectivity index (χ2n) is 3.90. The van der Waals surface area contributed by atoms with E-state index in [2.05, 4.69) is 0 Å². The van der Waals surface area contributed by atoms with Gasteiger partial charge in [0.1, 0.15) is 0 Å². The molecule has 2 rings (SSSR count). The highest BCUT2D eigenvalue weighted by atomic mass is 16.4. The molecule has 1 aromatic rings. The molecule has 88 valence electrons. The summed E-state index contributed by atoms with van der Waals surface area (Å²) in [5.74, 6) is 0. The molecule has 0 aliphatic carbocycles. The van der Waals surface area contributed by atoms with Crippen LogP contribution in [0.3, 0.4) is 0 Å². The smallest absolute Gasteiger partial charge is 0.407 e. The van der Waals surface area contributed by atoms with E-state index in [9.17, 15) is 4.79 Å². The summed E-state index contributed by atoms with van der Waals surface area (Å²) in [6, 6.07) is 9.95. The normalized spacial score (nSPS) is 20.0. The molecule has 1 unspecified atom stereocenters. The largest absolute Gasteiger partial charge is 0.465 e. The fourth-order valence-electron chi connectivity index (χ4n) is 2.18. The van der Waals surface area contributed by atoms with Gasteiger partial charge in [0, 0.05) is 6.54 Å². The third kappa shape index (κ3) is 2.52. The summed E-state index contributed by atoms with van der Waals surface area (Å²) >= 11 is 0. The Morgan fingerprint density at radius 2 is 1.94 bits per heavy atom. The molecule has 0 bridgehead atoms. The van der Waals surface area contributed by atoms with Crippen molar-refractivity contribution in [1.82, 2.24) is 4.90 Å². The van der Waals surface area contributed by atoms with Crippen LogP contribution >= 0.6 is 0 Å². The number of likely N-dealkylation sites (tertiary alicyclic amines) is 1. The lowest BCUT2D eigenvalue weighted by atomic mass is 9.96. The minimum atomic E-state index is -0.802. The first-order valence-electron chi connectivity index (χ1n) is 5.33. The maximum Gasteiger partial charge on any atom is 0.407 e. The van der Waals surface area contributed by atoms with Gasteiger partial charge in [-0.2, -0.15) is 0 Å². The van der Waals surface area contributed by atoms with Crippen LogP contribution in [0.5, 0.6) is 0 Å². The summed E-state index contributed by atoms with van der Waals surface area (Å²) < 4.78 is 0. The Bertz CT molecular complexity index is 339. The summed E-state index contributed by atoms with van der Waals surface area (Å²) in [4.78, 5) is 12.6. The lowest BCUT2D eigenvalue weighted by Gasteiger charge is -2.33. The highest BCUT2D eigenvalue weighted by molar-refractivity contribution is 5.66. The summed E-state index contributed by atoms with van der Waals surface area (Å²) in [7, 11) is 0. The van der Waals surface area contributed by atoms with Crippen LogP contribution in [0.4, 0.5) is 4.79 Å². The summed E-state index contributed by atoms with van der Waals surface area (Å²) in [6.45, 7) is 0.662. The Morgan fingerprint density at radius 1 is 1.25 bits per heavy atom. The van der Waals surface area contributed by atoms with Crippen molar-refractivity contribution >= 4 is 6.09 Å². The molecule has 1 aromatic carbocycles. The van der Waals surface area contributed by atoms with Crippen LogP contribution in [0.1, 0.15) is 30.9 Å². The zero-order valence-electron chi connectivity index (χ0n) is 9.10. The predicted molar refractivity (Wildman–Crippen MR) is 61.4 cm³/mol. The van der Waals surface area contributed by atoms with Gasteiger partial charge in [0.05, 0.1) is 6.04 Å². The number of carboxylic acid groups (broad SMARTS) is 1. The number of amides is 1. The number of benzene rings is 1. The van der Waals surface area contributed by atoms with Gasteiger partial charge in [0.2, 0.25) is 0 Å². The van der Waals surface area contributed by atoms with Crippen LogP contribution < -0.4 is 0 Å². The van der Waals surface area contributed by atoms with Gasteiger partial charge in [-0.3, -0.25) is 0 Å². The van der Waals surface area contributed by atoms with Crippen molar-refractivity contribution in [3.63, 3.8) is 0 Å². The van der Waals surface area contributed by atoms with E-state index >= 15 is 0 Å². The number of nitrogens with zero attached hydrogens (tertiary/aromatic N) is 1. The third-order valence-corrected chi connectivity index (χ3v) is 2.93. The molecule has 0 radical (unpaired) electrons. The van der Waals surface area contributed by atoms with Gasteiger partial charge in [0.15, 0.2) is 0 Å². The SMILES string of the molecule is O.O=C(O)N1CCCCC1c1ccccc1. The summed E-state index contributed by atoms with van der Waals surface area (Å²) in [6.07, 6.45) is 2.23. The van der Waals surface area contributed by atoms with E-state index in [1.165, 1.54) is 0 Å². The molecule has 1 saturated heterocycles. The van der Waals surface area contributed by atoms with E-state index in [1.807, 2.05) is 30.3 Å². The zero-order valence-corrected chi connectivity index (χ0v) is 9.10. The van der Waals surface area contributed by atoms with Crippen LogP contribution in [0, 0.1) is 0 Å². The van der Waals surface area contributed by atoms with Crippen molar-refractivity contribution in [2.24, 2.45) is 0 Å². The molecule has 1 heterocycles. The second-order valence-corrected chi connectivity index (χ2v) is 3.90. The van der Waals surface area contributed by atoms with Crippen LogP contribution in [0.25, 0.3) is 0 Å². The highest BCUT2D eigenvalue weighted by Gasteiger charge is 2.27. The third-order valence-electron chi connectivity index (χ3n) is 2.93. The summed E-state index contributed by atoms with van der Waals surface area (Å²) in [5.41, 5.74) is 1.11. The van der Waals surface area contributed by atoms with Gasteiger partial charge in [0.25, 0.3) is 0 Å². The fraction of sp³-hybridized carbons (Fsp3) is 0.417.